The van der Waals surface area contributed by atoms with Crippen LogP contribution in [0.2, 0.25) is 0 Å². The Bertz CT molecular complexity index is 716. The Morgan fingerprint density at radius 2 is 1.83 bits per heavy atom. The first kappa shape index (κ1) is 23.5. The SMILES string of the molecule is C=C1/C(=C\C=C2/CCC[C@]3(C)[C@@H]([C@H](C)/C=C/C(O)C(C)C)CC[C@@H]23)C[C@@H](O)C[C@@H]1O. The molecular formula is C27H42O3. The lowest BCUT2D eigenvalue weighted by molar-refractivity contribution is 0.0862. The number of hydrogen-bond acceptors (Lipinski definition) is 3. The van der Waals surface area contributed by atoms with Crippen molar-refractivity contribution in [2.45, 2.75) is 91.0 Å². The quantitative estimate of drug-likeness (QED) is 0.532. The summed E-state index contributed by atoms with van der Waals surface area (Å²) in [6, 6.07) is 0. The minimum absolute atomic E-state index is 0.254. The predicted octanol–water partition coefficient (Wildman–Crippen LogP) is 5.34. The van der Waals surface area contributed by atoms with Gasteiger partial charge in [0.2, 0.25) is 0 Å². The van der Waals surface area contributed by atoms with Gasteiger partial charge in [0.1, 0.15) is 0 Å². The fraction of sp³-hybridized carbons (Fsp3) is 0.704. The first-order chi connectivity index (χ1) is 14.1. The minimum atomic E-state index is -0.625. The van der Waals surface area contributed by atoms with Crippen LogP contribution in [-0.2, 0) is 0 Å². The Kier molecular flexibility index (Phi) is 7.48. The molecule has 0 aromatic rings. The molecule has 0 bridgehead atoms. The van der Waals surface area contributed by atoms with Gasteiger partial charge < -0.3 is 15.3 Å². The van der Waals surface area contributed by atoms with E-state index in [0.717, 1.165) is 17.6 Å². The molecule has 3 rings (SSSR count). The van der Waals surface area contributed by atoms with Gasteiger partial charge in [-0.1, -0.05) is 64.2 Å². The first-order valence-corrected chi connectivity index (χ1v) is 11.9. The second-order valence-electron chi connectivity index (χ2n) is 10.6. The maximum absolute atomic E-state index is 10.2. The Labute approximate surface area is 183 Å². The average molecular weight is 415 g/mol. The summed E-state index contributed by atoms with van der Waals surface area (Å²) in [5.41, 5.74) is 3.59. The Balaban J connectivity index is 1.76. The van der Waals surface area contributed by atoms with Crippen molar-refractivity contribution in [3.8, 4) is 0 Å². The lowest BCUT2D eigenvalue weighted by Crippen LogP contribution is -2.35. The van der Waals surface area contributed by atoms with Gasteiger partial charge in [-0.15, -0.1) is 0 Å². The second-order valence-corrected chi connectivity index (χ2v) is 10.6. The highest BCUT2D eigenvalue weighted by Gasteiger charge is 2.50. The third-order valence-electron chi connectivity index (χ3n) is 8.23. The van der Waals surface area contributed by atoms with E-state index in [1.54, 1.807) is 0 Å². The zero-order valence-electron chi connectivity index (χ0n) is 19.3. The summed E-state index contributed by atoms with van der Waals surface area (Å²) in [4.78, 5) is 0. The van der Waals surface area contributed by atoms with Crippen LogP contribution in [0.5, 0.6) is 0 Å². The monoisotopic (exact) mass is 414 g/mol. The van der Waals surface area contributed by atoms with E-state index in [4.69, 9.17) is 0 Å². The van der Waals surface area contributed by atoms with Crippen LogP contribution in [0.25, 0.3) is 0 Å². The van der Waals surface area contributed by atoms with E-state index in [1.165, 1.54) is 31.3 Å². The van der Waals surface area contributed by atoms with Gasteiger partial charge >= 0.3 is 0 Å². The van der Waals surface area contributed by atoms with E-state index in [1.807, 2.05) is 6.08 Å². The van der Waals surface area contributed by atoms with E-state index in [-0.39, 0.29) is 12.0 Å². The van der Waals surface area contributed by atoms with Crippen LogP contribution < -0.4 is 0 Å². The summed E-state index contributed by atoms with van der Waals surface area (Å²) in [5.74, 6) is 1.96. The van der Waals surface area contributed by atoms with Gasteiger partial charge in [0.05, 0.1) is 18.3 Å². The molecule has 0 saturated heterocycles. The van der Waals surface area contributed by atoms with Gasteiger partial charge in [0, 0.05) is 6.42 Å². The molecule has 3 aliphatic rings. The van der Waals surface area contributed by atoms with Crippen molar-refractivity contribution in [2.75, 3.05) is 0 Å². The molecule has 3 aliphatic carbocycles. The van der Waals surface area contributed by atoms with Crippen LogP contribution in [0.15, 0.2) is 47.6 Å². The molecule has 3 fully saturated rings. The molecule has 1 unspecified atom stereocenters. The average Bonchev–Trinajstić information content (AvgIpc) is 3.04. The molecule has 30 heavy (non-hydrogen) atoms. The van der Waals surface area contributed by atoms with Crippen LogP contribution in [0.4, 0.5) is 0 Å². The van der Waals surface area contributed by atoms with Crippen molar-refractivity contribution in [2.24, 2.45) is 29.1 Å². The van der Waals surface area contributed by atoms with Gasteiger partial charge in [0.25, 0.3) is 0 Å². The molecule has 0 amide bonds. The summed E-state index contributed by atoms with van der Waals surface area (Å²) < 4.78 is 0. The molecule has 0 heterocycles. The summed E-state index contributed by atoms with van der Waals surface area (Å²) in [7, 11) is 0. The number of allylic oxidation sites excluding steroid dienone is 4. The smallest absolute Gasteiger partial charge is 0.0811 e. The third kappa shape index (κ3) is 4.84. The largest absolute Gasteiger partial charge is 0.393 e. The molecule has 7 atom stereocenters. The van der Waals surface area contributed by atoms with Gasteiger partial charge in [0.15, 0.2) is 0 Å². The fourth-order valence-corrected chi connectivity index (χ4v) is 6.25. The Hall–Kier alpha value is -1.16. The molecule has 0 spiro atoms. The molecule has 0 aliphatic heterocycles. The molecule has 3 saturated carbocycles. The molecular weight excluding hydrogens is 372 g/mol. The third-order valence-corrected chi connectivity index (χ3v) is 8.23. The van der Waals surface area contributed by atoms with E-state index < -0.39 is 12.2 Å². The van der Waals surface area contributed by atoms with Crippen LogP contribution in [-0.4, -0.2) is 33.6 Å². The maximum Gasteiger partial charge on any atom is 0.0811 e. The van der Waals surface area contributed by atoms with Gasteiger partial charge in [-0.25, -0.2) is 0 Å². The van der Waals surface area contributed by atoms with Crippen molar-refractivity contribution in [3.63, 3.8) is 0 Å². The number of hydrogen-bond donors (Lipinski definition) is 3. The molecule has 3 heteroatoms. The van der Waals surface area contributed by atoms with Gasteiger partial charge in [-0.3, -0.25) is 0 Å². The van der Waals surface area contributed by atoms with Crippen LogP contribution in [0.1, 0.15) is 72.6 Å². The number of fused-ring (bicyclic) bond motifs is 1. The Morgan fingerprint density at radius 3 is 2.53 bits per heavy atom. The summed E-state index contributed by atoms with van der Waals surface area (Å²) >= 11 is 0. The highest BCUT2D eigenvalue weighted by molar-refractivity contribution is 5.38. The molecule has 3 N–H and O–H groups in total. The zero-order valence-corrected chi connectivity index (χ0v) is 19.3. The molecule has 168 valence electrons. The predicted molar refractivity (Wildman–Crippen MR) is 124 cm³/mol. The van der Waals surface area contributed by atoms with E-state index in [9.17, 15) is 15.3 Å². The van der Waals surface area contributed by atoms with Gasteiger partial charge in [-0.2, -0.15) is 0 Å². The summed E-state index contributed by atoms with van der Waals surface area (Å²) in [6.07, 6.45) is 14.3. The van der Waals surface area contributed by atoms with E-state index in [2.05, 4.69) is 52.5 Å². The molecule has 0 aromatic heterocycles. The van der Waals surface area contributed by atoms with Crippen molar-refractivity contribution in [3.05, 3.63) is 47.6 Å². The zero-order chi connectivity index (χ0) is 22.1. The van der Waals surface area contributed by atoms with Crippen LogP contribution in [0, 0.1) is 29.1 Å². The maximum atomic E-state index is 10.2. The van der Waals surface area contributed by atoms with Crippen molar-refractivity contribution < 1.29 is 15.3 Å². The van der Waals surface area contributed by atoms with Gasteiger partial charge in [-0.05, 0) is 78.8 Å². The Morgan fingerprint density at radius 1 is 1.10 bits per heavy atom. The lowest BCUT2D eigenvalue weighted by atomic mass is 9.61. The number of aliphatic hydroxyl groups excluding tert-OH is 3. The van der Waals surface area contributed by atoms with Crippen molar-refractivity contribution in [1.29, 1.82) is 0 Å². The highest BCUT2D eigenvalue weighted by atomic mass is 16.3. The second kappa shape index (κ2) is 9.54. The summed E-state index contributed by atoms with van der Waals surface area (Å²) in [6.45, 7) is 13.0. The van der Waals surface area contributed by atoms with Crippen LogP contribution in [0.3, 0.4) is 0 Å². The van der Waals surface area contributed by atoms with E-state index in [0.29, 0.717) is 36.0 Å². The van der Waals surface area contributed by atoms with Crippen LogP contribution >= 0.6 is 0 Å². The highest BCUT2D eigenvalue weighted by Crippen LogP contribution is 2.59. The topological polar surface area (TPSA) is 60.7 Å². The van der Waals surface area contributed by atoms with Crippen molar-refractivity contribution >= 4 is 0 Å². The van der Waals surface area contributed by atoms with E-state index >= 15 is 0 Å². The number of aliphatic hydroxyl groups is 3. The standard InChI is InChI=1S/C27H42O3/c1-17(2)25(29)13-8-18(3)23-11-12-24-20(7-6-14-27(23,24)5)9-10-21-15-22(28)16-26(30)19(21)4/h8-10,13,17-18,22-26,28-30H,4,6-7,11-12,14-16H2,1-3,5H3/b13-8+,20-9+,21-10-/t18-,22-,23-,24+,25?,26+,27-/m1/s1. The van der Waals surface area contributed by atoms with Crippen molar-refractivity contribution in [1.82, 2.24) is 0 Å². The lowest BCUT2D eigenvalue weighted by Gasteiger charge is -2.44. The first-order valence-electron chi connectivity index (χ1n) is 11.9. The normalized spacial score (nSPS) is 39.8. The molecule has 0 aromatic carbocycles. The minimum Gasteiger partial charge on any atom is -0.393 e. The number of rotatable bonds is 5. The summed E-state index contributed by atoms with van der Waals surface area (Å²) in [5, 5.41) is 30.3. The molecule has 3 nitrogen and oxygen atoms in total. The fourth-order valence-electron chi connectivity index (χ4n) is 6.25. The molecule has 0 radical (unpaired) electrons.